The van der Waals surface area contributed by atoms with Crippen LogP contribution >= 0.6 is 0 Å². The zero-order valence-corrected chi connectivity index (χ0v) is 7.88. The van der Waals surface area contributed by atoms with E-state index >= 15 is 0 Å². The standard InChI is InChI=1S/C9H12O4/c1-5-6(8(11)12)4-7(10)13-9(5,2)3/h4H2,1-3H3,(H,11,12). The fourth-order valence-electron chi connectivity index (χ4n) is 1.27. The summed E-state index contributed by atoms with van der Waals surface area (Å²) in [5, 5.41) is 8.79. The van der Waals surface area contributed by atoms with Gasteiger partial charge in [0.2, 0.25) is 0 Å². The molecule has 4 nitrogen and oxygen atoms in total. The van der Waals surface area contributed by atoms with Gasteiger partial charge in [0.25, 0.3) is 0 Å². The number of carbonyl (C=O) groups is 2. The van der Waals surface area contributed by atoms with Crippen LogP contribution in [0.5, 0.6) is 0 Å². The SMILES string of the molecule is CC1=C(C(=O)O)CC(=O)OC1(C)C. The van der Waals surface area contributed by atoms with E-state index in [1.54, 1.807) is 20.8 Å². The molecule has 1 aliphatic rings. The van der Waals surface area contributed by atoms with Gasteiger partial charge in [-0.2, -0.15) is 0 Å². The van der Waals surface area contributed by atoms with Crippen molar-refractivity contribution in [2.24, 2.45) is 0 Å². The largest absolute Gasteiger partial charge is 0.478 e. The van der Waals surface area contributed by atoms with E-state index in [1.807, 2.05) is 0 Å². The van der Waals surface area contributed by atoms with Gasteiger partial charge < -0.3 is 9.84 Å². The summed E-state index contributed by atoms with van der Waals surface area (Å²) in [5.41, 5.74) is -0.0240. The van der Waals surface area contributed by atoms with Crippen molar-refractivity contribution in [1.29, 1.82) is 0 Å². The average Bonchev–Trinajstić information content (AvgIpc) is 1.95. The first-order chi connectivity index (χ1) is 5.84. The lowest BCUT2D eigenvalue weighted by Gasteiger charge is -2.31. The van der Waals surface area contributed by atoms with Crippen molar-refractivity contribution in [2.75, 3.05) is 0 Å². The minimum absolute atomic E-state index is 0.134. The number of hydrogen-bond acceptors (Lipinski definition) is 3. The Labute approximate surface area is 76.2 Å². The van der Waals surface area contributed by atoms with Crippen LogP contribution in [0, 0.1) is 0 Å². The van der Waals surface area contributed by atoms with E-state index in [9.17, 15) is 9.59 Å². The smallest absolute Gasteiger partial charge is 0.332 e. The zero-order valence-electron chi connectivity index (χ0n) is 7.88. The van der Waals surface area contributed by atoms with Gasteiger partial charge >= 0.3 is 11.9 Å². The van der Waals surface area contributed by atoms with Crippen molar-refractivity contribution < 1.29 is 19.4 Å². The molecule has 0 radical (unpaired) electrons. The Hall–Kier alpha value is -1.32. The van der Waals surface area contributed by atoms with Crippen molar-refractivity contribution in [3.63, 3.8) is 0 Å². The molecule has 0 bridgehead atoms. The van der Waals surface area contributed by atoms with E-state index in [0.717, 1.165) is 0 Å². The molecular weight excluding hydrogens is 172 g/mol. The molecule has 0 spiro atoms. The van der Waals surface area contributed by atoms with Gasteiger partial charge in [-0.25, -0.2) is 4.79 Å². The van der Waals surface area contributed by atoms with E-state index < -0.39 is 17.5 Å². The number of carboxylic acids is 1. The number of carboxylic acid groups (broad SMARTS) is 1. The topological polar surface area (TPSA) is 63.6 Å². The van der Waals surface area contributed by atoms with Crippen molar-refractivity contribution >= 4 is 11.9 Å². The molecule has 0 aliphatic carbocycles. The fraction of sp³-hybridized carbons (Fsp3) is 0.556. The molecule has 1 N–H and O–H groups in total. The summed E-state index contributed by atoms with van der Waals surface area (Å²) in [5.74, 6) is -1.52. The summed E-state index contributed by atoms with van der Waals surface area (Å²) in [7, 11) is 0. The maximum atomic E-state index is 11.0. The van der Waals surface area contributed by atoms with E-state index in [2.05, 4.69) is 0 Å². The molecule has 0 aromatic heterocycles. The van der Waals surface area contributed by atoms with Crippen LogP contribution in [0.2, 0.25) is 0 Å². The Morgan fingerprint density at radius 2 is 2.08 bits per heavy atom. The van der Waals surface area contributed by atoms with Gasteiger partial charge in [0.1, 0.15) is 5.60 Å². The van der Waals surface area contributed by atoms with Gasteiger partial charge in [-0.05, 0) is 26.3 Å². The van der Waals surface area contributed by atoms with E-state index in [1.165, 1.54) is 0 Å². The minimum Gasteiger partial charge on any atom is -0.478 e. The number of hydrogen-bond donors (Lipinski definition) is 1. The second-order valence-electron chi connectivity index (χ2n) is 3.57. The predicted octanol–water partition coefficient (Wildman–Crippen LogP) is 1.11. The normalized spacial score (nSPS) is 21.3. The van der Waals surface area contributed by atoms with E-state index in [-0.39, 0.29) is 12.0 Å². The van der Waals surface area contributed by atoms with Crippen LogP contribution in [0.4, 0.5) is 0 Å². The molecule has 4 heteroatoms. The summed E-state index contributed by atoms with van der Waals surface area (Å²) < 4.78 is 5.01. The highest BCUT2D eigenvalue weighted by Gasteiger charge is 2.35. The second-order valence-corrected chi connectivity index (χ2v) is 3.57. The highest BCUT2D eigenvalue weighted by Crippen LogP contribution is 2.30. The zero-order chi connectivity index (χ0) is 10.2. The van der Waals surface area contributed by atoms with Crippen molar-refractivity contribution in [2.45, 2.75) is 32.8 Å². The van der Waals surface area contributed by atoms with Gasteiger partial charge in [-0.3, -0.25) is 4.79 Å². The monoisotopic (exact) mass is 184 g/mol. The Morgan fingerprint density at radius 1 is 1.54 bits per heavy atom. The van der Waals surface area contributed by atoms with E-state index in [4.69, 9.17) is 9.84 Å². The first-order valence-corrected chi connectivity index (χ1v) is 4.00. The molecule has 13 heavy (non-hydrogen) atoms. The molecule has 0 amide bonds. The summed E-state index contributed by atoms with van der Waals surface area (Å²) in [6.45, 7) is 5.04. The number of rotatable bonds is 1. The third-order valence-electron chi connectivity index (χ3n) is 2.30. The predicted molar refractivity (Wildman–Crippen MR) is 45.1 cm³/mol. The van der Waals surface area contributed by atoms with Gasteiger partial charge in [-0.1, -0.05) is 0 Å². The van der Waals surface area contributed by atoms with Gasteiger partial charge in [0.15, 0.2) is 0 Å². The van der Waals surface area contributed by atoms with Crippen LogP contribution in [0.25, 0.3) is 0 Å². The minimum atomic E-state index is -1.04. The number of ether oxygens (including phenoxy) is 1. The molecule has 0 atom stereocenters. The molecule has 0 aromatic carbocycles. The number of cyclic esters (lactones) is 1. The van der Waals surface area contributed by atoms with Crippen LogP contribution in [0.15, 0.2) is 11.1 Å². The third-order valence-corrected chi connectivity index (χ3v) is 2.30. The summed E-state index contributed by atoms with van der Waals surface area (Å²) in [4.78, 5) is 21.8. The van der Waals surface area contributed by atoms with Gasteiger partial charge in [0.05, 0.1) is 12.0 Å². The maximum Gasteiger partial charge on any atom is 0.332 e. The Bertz CT molecular complexity index is 299. The van der Waals surface area contributed by atoms with Crippen molar-refractivity contribution in [1.82, 2.24) is 0 Å². The highest BCUT2D eigenvalue weighted by molar-refractivity contribution is 5.95. The van der Waals surface area contributed by atoms with Crippen LogP contribution in [0.1, 0.15) is 27.2 Å². The van der Waals surface area contributed by atoms with Crippen LogP contribution in [-0.4, -0.2) is 22.6 Å². The first kappa shape index (κ1) is 9.77. The van der Waals surface area contributed by atoms with Gasteiger partial charge in [-0.15, -0.1) is 0 Å². The molecular formula is C9H12O4. The molecule has 0 unspecified atom stereocenters. The molecule has 0 fully saturated rings. The first-order valence-electron chi connectivity index (χ1n) is 4.00. The fourth-order valence-corrected chi connectivity index (χ4v) is 1.27. The van der Waals surface area contributed by atoms with Crippen LogP contribution in [0.3, 0.4) is 0 Å². The quantitative estimate of drug-likeness (QED) is 0.620. The Morgan fingerprint density at radius 3 is 2.54 bits per heavy atom. The van der Waals surface area contributed by atoms with E-state index in [0.29, 0.717) is 5.57 Å². The number of carbonyl (C=O) groups excluding carboxylic acids is 1. The highest BCUT2D eigenvalue weighted by atomic mass is 16.6. The number of esters is 1. The molecule has 72 valence electrons. The summed E-state index contributed by atoms with van der Waals surface area (Å²) in [6, 6.07) is 0. The van der Waals surface area contributed by atoms with Crippen LogP contribution < -0.4 is 0 Å². The molecule has 1 heterocycles. The Kier molecular flexibility index (Phi) is 2.15. The molecule has 1 rings (SSSR count). The molecule has 0 saturated heterocycles. The molecule has 1 aliphatic heterocycles. The van der Waals surface area contributed by atoms with Crippen molar-refractivity contribution in [3.8, 4) is 0 Å². The average molecular weight is 184 g/mol. The van der Waals surface area contributed by atoms with Gasteiger partial charge in [0, 0.05) is 0 Å². The van der Waals surface area contributed by atoms with Crippen LogP contribution in [-0.2, 0) is 14.3 Å². The lowest BCUT2D eigenvalue weighted by Crippen LogP contribution is -2.36. The van der Waals surface area contributed by atoms with Crippen molar-refractivity contribution in [3.05, 3.63) is 11.1 Å². The number of aliphatic carboxylic acids is 1. The second kappa shape index (κ2) is 2.87. The molecule has 0 saturated carbocycles. The molecule has 0 aromatic rings. The lowest BCUT2D eigenvalue weighted by atomic mass is 9.90. The summed E-state index contributed by atoms with van der Waals surface area (Å²) in [6.07, 6.45) is -0.134. The lowest BCUT2D eigenvalue weighted by molar-refractivity contribution is -0.156. The third kappa shape index (κ3) is 1.71. The Balaban J connectivity index is 3.16. The maximum absolute atomic E-state index is 11.0. The summed E-state index contributed by atoms with van der Waals surface area (Å²) >= 11 is 0.